The summed E-state index contributed by atoms with van der Waals surface area (Å²) in [6.07, 6.45) is 16.1. The van der Waals surface area contributed by atoms with Crippen molar-refractivity contribution in [2.75, 3.05) is 0 Å². The average molecular weight is 1240 g/mol. The highest BCUT2D eigenvalue weighted by atomic mass is 32.1. The average Bonchev–Trinajstić information content (AvgIpc) is 3.47. The summed E-state index contributed by atoms with van der Waals surface area (Å²) in [6, 6.07) is 37.2. The summed E-state index contributed by atoms with van der Waals surface area (Å²) in [4.78, 5) is 57.0. The molecule has 4 aromatic carbocycles. The Balaban J connectivity index is 0.000000144. The molecule has 0 fully saturated rings. The molecular formula is C73H87N7O3S4. The predicted molar refractivity (Wildman–Crippen MR) is 372 cm³/mol. The van der Waals surface area contributed by atoms with Gasteiger partial charge in [0.25, 0.3) is 16.7 Å². The van der Waals surface area contributed by atoms with E-state index < -0.39 is 0 Å². The molecule has 1 unspecified atom stereocenters. The van der Waals surface area contributed by atoms with E-state index in [0.29, 0.717) is 17.4 Å². The van der Waals surface area contributed by atoms with Crippen molar-refractivity contribution in [2.45, 2.75) is 189 Å². The molecule has 0 aliphatic heterocycles. The minimum atomic E-state index is 0. The Labute approximate surface area is 532 Å². The molecule has 3 aliphatic rings. The van der Waals surface area contributed by atoms with Gasteiger partial charge in [-0.15, -0.1) is 34.0 Å². The van der Waals surface area contributed by atoms with Crippen molar-refractivity contribution >= 4 is 78.2 Å². The van der Waals surface area contributed by atoms with Crippen LogP contribution in [0.15, 0.2) is 136 Å². The Hall–Kier alpha value is -6.29. The second-order valence-electron chi connectivity index (χ2n) is 28.9. The van der Waals surface area contributed by atoms with Gasteiger partial charge in [0.2, 0.25) is 0 Å². The van der Waals surface area contributed by atoms with Crippen molar-refractivity contribution in [1.82, 2.24) is 28.7 Å². The number of nitrogens with zero attached hydrogens (tertiary/aromatic N) is 6. The van der Waals surface area contributed by atoms with E-state index in [1.807, 2.05) is 38.0 Å². The maximum Gasteiger partial charge on any atom is 0.271 e. The topological polar surface area (TPSA) is 131 Å². The molecule has 456 valence electrons. The van der Waals surface area contributed by atoms with Crippen molar-refractivity contribution in [3.63, 3.8) is 0 Å². The summed E-state index contributed by atoms with van der Waals surface area (Å²) in [6.45, 7) is 27.4. The molecule has 0 amide bonds. The zero-order valence-electron chi connectivity index (χ0n) is 53.0. The standard InChI is InChI=1S/2C25H32N2OS.C23H21N3OS.H2S/c2*1-24(2,3)14-16-7-8-18-12-19(10-9-17(18)11-16)27-15-26-20-13-21(25(4,5)6)29-22(20)23(27)28;24-13-15-6-7-18-11-19(9-8-17(18)10-15)26-14-25-20-12-21(28-22(20)23(26)27)16-4-2-1-3-5-16;/h2*7-8,11,13,15,19H,9-10,12,14H2,1-6H3;1-7,10,12,14,19H,8-9,11,13,24H2;1H2/t19-;;19-;/m0.0./s1. The van der Waals surface area contributed by atoms with E-state index in [1.165, 1.54) is 71.2 Å². The number of nitrogens with two attached hydrogens (primary N) is 1. The third-order valence-corrected chi connectivity index (χ3v) is 21.5. The fourth-order valence-corrected chi connectivity index (χ4v) is 16.0. The normalized spacial score (nSPS) is 16.9. The summed E-state index contributed by atoms with van der Waals surface area (Å²) in [7, 11) is 0. The van der Waals surface area contributed by atoms with E-state index in [-0.39, 0.29) is 59.1 Å². The zero-order chi connectivity index (χ0) is 61.0. The van der Waals surface area contributed by atoms with Crippen LogP contribution in [0.2, 0.25) is 0 Å². The van der Waals surface area contributed by atoms with Gasteiger partial charge in [-0.1, -0.05) is 168 Å². The molecule has 87 heavy (non-hydrogen) atoms. The molecule has 3 atom stereocenters. The van der Waals surface area contributed by atoms with Gasteiger partial charge in [0.15, 0.2) is 0 Å². The molecule has 14 heteroatoms. The number of hydrogen-bond acceptors (Lipinski definition) is 10. The van der Waals surface area contributed by atoms with E-state index in [0.717, 1.165) is 112 Å². The highest BCUT2D eigenvalue weighted by molar-refractivity contribution is 7.59. The van der Waals surface area contributed by atoms with Crippen LogP contribution in [0.25, 0.3) is 41.1 Å². The molecule has 6 heterocycles. The lowest BCUT2D eigenvalue weighted by Gasteiger charge is -2.27. The second kappa shape index (κ2) is 25.3. The van der Waals surface area contributed by atoms with E-state index in [2.05, 4.69) is 177 Å². The summed E-state index contributed by atoms with van der Waals surface area (Å²) >= 11 is 4.75. The van der Waals surface area contributed by atoms with Crippen LogP contribution in [0.5, 0.6) is 0 Å². The number of rotatable bonds is 7. The van der Waals surface area contributed by atoms with Gasteiger partial charge in [-0.25, -0.2) is 15.0 Å². The van der Waals surface area contributed by atoms with Crippen LogP contribution in [-0.4, -0.2) is 28.7 Å². The van der Waals surface area contributed by atoms with Crippen molar-refractivity contribution in [2.24, 2.45) is 16.6 Å². The van der Waals surface area contributed by atoms with Gasteiger partial charge in [0.1, 0.15) is 14.1 Å². The first-order chi connectivity index (χ1) is 40.7. The van der Waals surface area contributed by atoms with Crippen LogP contribution in [-0.2, 0) is 68.7 Å². The molecule has 0 spiro atoms. The summed E-state index contributed by atoms with van der Waals surface area (Å²) in [5.74, 6) is 0. The number of aromatic nitrogens is 6. The lowest BCUT2D eigenvalue weighted by molar-refractivity contribution is 0.408. The first-order valence-corrected chi connectivity index (χ1v) is 33.3. The molecule has 0 saturated heterocycles. The first-order valence-electron chi connectivity index (χ1n) is 30.9. The fraction of sp³-hybridized carbons (Fsp3) is 0.425. The van der Waals surface area contributed by atoms with Crippen LogP contribution in [0.4, 0.5) is 0 Å². The lowest BCUT2D eigenvalue weighted by atomic mass is 9.83. The van der Waals surface area contributed by atoms with Crippen LogP contribution < -0.4 is 22.4 Å². The number of fused-ring (bicyclic) bond motifs is 6. The van der Waals surface area contributed by atoms with E-state index in [4.69, 9.17) is 5.73 Å². The third-order valence-electron chi connectivity index (χ3n) is 17.2. The van der Waals surface area contributed by atoms with Crippen LogP contribution in [0.3, 0.4) is 0 Å². The monoisotopic (exact) mass is 1240 g/mol. The minimum Gasteiger partial charge on any atom is -0.326 e. The van der Waals surface area contributed by atoms with Gasteiger partial charge < -0.3 is 5.73 Å². The summed E-state index contributed by atoms with van der Waals surface area (Å²) in [5.41, 5.74) is 22.7. The molecule has 0 radical (unpaired) electrons. The van der Waals surface area contributed by atoms with E-state index >= 15 is 0 Å². The summed E-state index contributed by atoms with van der Waals surface area (Å²) < 4.78 is 7.94. The van der Waals surface area contributed by atoms with Crippen molar-refractivity contribution in [3.8, 4) is 10.4 Å². The van der Waals surface area contributed by atoms with Crippen molar-refractivity contribution in [1.29, 1.82) is 0 Å². The number of hydrogen-bond donors (Lipinski definition) is 1. The van der Waals surface area contributed by atoms with Gasteiger partial charge in [-0.2, -0.15) is 13.5 Å². The van der Waals surface area contributed by atoms with Gasteiger partial charge in [-0.05, 0) is 166 Å². The number of thiophene rings is 3. The summed E-state index contributed by atoms with van der Waals surface area (Å²) in [5, 5.41) is 0. The highest BCUT2D eigenvalue weighted by Gasteiger charge is 2.28. The molecular weight excluding hydrogens is 1150 g/mol. The Kier molecular flexibility index (Phi) is 18.5. The van der Waals surface area contributed by atoms with Gasteiger partial charge >= 0.3 is 0 Å². The maximum atomic E-state index is 13.2. The van der Waals surface area contributed by atoms with Gasteiger partial charge in [-0.3, -0.25) is 28.1 Å². The Bertz CT molecular complexity index is 4130. The molecule has 10 aromatic rings. The number of benzene rings is 4. The van der Waals surface area contributed by atoms with E-state index in [9.17, 15) is 14.4 Å². The van der Waals surface area contributed by atoms with Crippen LogP contribution in [0.1, 0.15) is 180 Å². The molecule has 0 saturated carbocycles. The second-order valence-corrected chi connectivity index (χ2v) is 32.0. The molecule has 0 bridgehead atoms. The zero-order valence-corrected chi connectivity index (χ0v) is 56.4. The lowest BCUT2D eigenvalue weighted by Crippen LogP contribution is -2.28. The van der Waals surface area contributed by atoms with Crippen molar-refractivity contribution < 1.29 is 0 Å². The maximum absolute atomic E-state index is 13.2. The molecule has 3 aliphatic carbocycles. The third kappa shape index (κ3) is 14.4. The molecule has 13 rings (SSSR count). The largest absolute Gasteiger partial charge is 0.326 e. The first kappa shape index (κ1) is 63.7. The molecule has 2 N–H and O–H groups in total. The SMILES string of the molecule is CC(C)(C)Cc1ccc2c(c1)CCC(n1cnc3cc(C(C)(C)C)sc3c1=O)C2.CC(C)(C)Cc1ccc2c(c1)CC[C@H](n1cnc3cc(C(C)(C)C)sc3c1=O)C2.NCc1ccc2c(c1)CC[C@H](n1cnc3cc(-c4ccccc4)sc3c1=O)C2.S. The molecule has 10 nitrogen and oxygen atoms in total. The predicted octanol–water partition coefficient (Wildman–Crippen LogP) is 16.6. The Morgan fingerprint density at radius 1 is 0.448 bits per heavy atom. The Morgan fingerprint density at radius 2 is 0.805 bits per heavy atom. The fourth-order valence-electron chi connectivity index (χ4n) is 12.7. The van der Waals surface area contributed by atoms with E-state index in [1.54, 1.807) is 41.7 Å². The number of aryl methyl sites for hydroxylation is 3. The Morgan fingerprint density at radius 3 is 1.17 bits per heavy atom. The van der Waals surface area contributed by atoms with Gasteiger partial charge in [0.05, 0.1) is 35.5 Å². The van der Waals surface area contributed by atoms with Gasteiger partial charge in [0, 0.05) is 39.3 Å². The highest BCUT2D eigenvalue weighted by Crippen LogP contribution is 2.38. The van der Waals surface area contributed by atoms with Crippen LogP contribution in [0, 0.1) is 10.8 Å². The smallest absolute Gasteiger partial charge is 0.271 e. The van der Waals surface area contributed by atoms with Crippen LogP contribution >= 0.6 is 47.5 Å². The molecule has 6 aromatic heterocycles. The van der Waals surface area contributed by atoms with Crippen molar-refractivity contribution in [3.05, 3.63) is 213 Å². The minimum absolute atomic E-state index is 0. The quantitative estimate of drug-likeness (QED) is 0.168.